The molecule has 2 aromatic rings. The average molecular weight is 311 g/mol. The fourth-order valence-electron chi connectivity index (χ4n) is 2.65. The van der Waals surface area contributed by atoms with Gasteiger partial charge in [0.1, 0.15) is 5.82 Å². The summed E-state index contributed by atoms with van der Waals surface area (Å²) >= 11 is 7.62. The molecule has 0 aliphatic carbocycles. The van der Waals surface area contributed by atoms with Crippen LogP contribution in [0.2, 0.25) is 5.02 Å². The van der Waals surface area contributed by atoms with Gasteiger partial charge in [-0.3, -0.25) is 4.90 Å². The Bertz CT molecular complexity index is 567. The van der Waals surface area contributed by atoms with E-state index >= 15 is 0 Å². The summed E-state index contributed by atoms with van der Waals surface area (Å²) in [6.45, 7) is 3.69. The molecule has 5 heteroatoms. The van der Waals surface area contributed by atoms with Crippen molar-refractivity contribution in [1.82, 2.24) is 10.2 Å². The first-order chi connectivity index (χ1) is 9.77. The van der Waals surface area contributed by atoms with Crippen molar-refractivity contribution in [2.75, 3.05) is 26.2 Å². The molecule has 1 aromatic carbocycles. The highest BCUT2D eigenvalue weighted by molar-refractivity contribution is 7.10. The number of halogens is 2. The van der Waals surface area contributed by atoms with Crippen LogP contribution in [-0.4, -0.2) is 31.1 Å². The highest BCUT2D eigenvalue weighted by Crippen LogP contribution is 2.35. The molecule has 1 N–H and O–H groups in total. The normalized spacial score (nSPS) is 18.1. The van der Waals surface area contributed by atoms with Crippen molar-refractivity contribution >= 4 is 22.9 Å². The molecule has 1 fully saturated rings. The third-order valence-electron chi connectivity index (χ3n) is 3.61. The second-order valence-electron chi connectivity index (χ2n) is 4.85. The van der Waals surface area contributed by atoms with Gasteiger partial charge in [0.05, 0.1) is 11.1 Å². The van der Waals surface area contributed by atoms with Crippen LogP contribution in [0.1, 0.15) is 16.5 Å². The van der Waals surface area contributed by atoms with Crippen LogP contribution in [0.4, 0.5) is 4.39 Å². The van der Waals surface area contributed by atoms with Crippen LogP contribution < -0.4 is 5.32 Å². The van der Waals surface area contributed by atoms with E-state index in [-0.39, 0.29) is 16.9 Å². The average Bonchev–Trinajstić information content (AvgIpc) is 2.99. The third kappa shape index (κ3) is 2.74. The Hall–Kier alpha value is -0.940. The number of nitrogens with one attached hydrogen (secondary N) is 1. The van der Waals surface area contributed by atoms with Crippen molar-refractivity contribution in [3.8, 4) is 0 Å². The molecular formula is C15H16ClFN2S. The largest absolute Gasteiger partial charge is 0.314 e. The van der Waals surface area contributed by atoms with Crippen LogP contribution in [0.25, 0.3) is 0 Å². The van der Waals surface area contributed by atoms with Gasteiger partial charge >= 0.3 is 0 Å². The van der Waals surface area contributed by atoms with Gasteiger partial charge in [-0.1, -0.05) is 29.8 Å². The van der Waals surface area contributed by atoms with Crippen LogP contribution >= 0.6 is 22.9 Å². The van der Waals surface area contributed by atoms with Gasteiger partial charge < -0.3 is 5.32 Å². The minimum absolute atomic E-state index is 0.0456. The molecule has 1 atom stereocenters. The molecule has 20 heavy (non-hydrogen) atoms. The Morgan fingerprint density at radius 2 is 2.00 bits per heavy atom. The Labute approximate surface area is 127 Å². The Kier molecular flexibility index (Phi) is 4.36. The van der Waals surface area contributed by atoms with Gasteiger partial charge in [0, 0.05) is 36.6 Å². The topological polar surface area (TPSA) is 15.3 Å². The van der Waals surface area contributed by atoms with Gasteiger partial charge in [-0.15, -0.1) is 11.3 Å². The fraction of sp³-hybridized carbons (Fsp3) is 0.333. The maximum Gasteiger partial charge on any atom is 0.146 e. The minimum atomic E-state index is -0.300. The van der Waals surface area contributed by atoms with E-state index in [1.807, 2.05) is 23.6 Å². The third-order valence-corrected chi connectivity index (χ3v) is 4.82. The van der Waals surface area contributed by atoms with Crippen molar-refractivity contribution in [1.29, 1.82) is 0 Å². The number of nitrogens with zero attached hydrogens (tertiary/aromatic N) is 1. The lowest BCUT2D eigenvalue weighted by Crippen LogP contribution is -2.45. The number of benzene rings is 1. The highest BCUT2D eigenvalue weighted by Gasteiger charge is 2.27. The smallest absolute Gasteiger partial charge is 0.146 e. The fourth-order valence-corrected chi connectivity index (χ4v) is 3.71. The second kappa shape index (κ2) is 6.22. The molecule has 1 saturated heterocycles. The first-order valence-electron chi connectivity index (χ1n) is 6.69. The molecule has 0 unspecified atom stereocenters. The van der Waals surface area contributed by atoms with E-state index in [1.165, 1.54) is 0 Å². The lowest BCUT2D eigenvalue weighted by molar-refractivity contribution is 0.197. The van der Waals surface area contributed by atoms with Crippen LogP contribution in [0.3, 0.4) is 0 Å². The summed E-state index contributed by atoms with van der Waals surface area (Å²) in [6.07, 6.45) is 0. The SMILES string of the molecule is Fc1c(Cl)cccc1[C@@H](c1cccs1)N1CCNCC1. The molecule has 1 aromatic heterocycles. The summed E-state index contributed by atoms with van der Waals surface area (Å²) in [5.74, 6) is -0.300. The van der Waals surface area contributed by atoms with Gasteiger partial charge in [0.2, 0.25) is 0 Å². The molecule has 106 valence electrons. The van der Waals surface area contributed by atoms with E-state index < -0.39 is 0 Å². The number of thiophene rings is 1. The van der Waals surface area contributed by atoms with Crippen molar-refractivity contribution in [3.63, 3.8) is 0 Å². The molecular weight excluding hydrogens is 295 g/mol. The minimum Gasteiger partial charge on any atom is -0.314 e. The zero-order chi connectivity index (χ0) is 13.9. The van der Waals surface area contributed by atoms with Gasteiger partial charge in [-0.2, -0.15) is 0 Å². The Morgan fingerprint density at radius 3 is 2.70 bits per heavy atom. The van der Waals surface area contributed by atoms with Crippen LogP contribution in [0.5, 0.6) is 0 Å². The summed E-state index contributed by atoms with van der Waals surface area (Å²) < 4.78 is 14.4. The molecule has 0 amide bonds. The van der Waals surface area contributed by atoms with Crippen molar-refractivity contribution in [2.45, 2.75) is 6.04 Å². The maximum absolute atomic E-state index is 14.4. The summed E-state index contributed by atoms with van der Waals surface area (Å²) in [4.78, 5) is 3.48. The zero-order valence-electron chi connectivity index (χ0n) is 11.0. The molecule has 0 saturated carbocycles. The number of hydrogen-bond acceptors (Lipinski definition) is 3. The van der Waals surface area contributed by atoms with Crippen molar-refractivity contribution < 1.29 is 4.39 Å². The number of rotatable bonds is 3. The van der Waals surface area contributed by atoms with Crippen molar-refractivity contribution in [2.24, 2.45) is 0 Å². The lowest BCUT2D eigenvalue weighted by Gasteiger charge is -2.35. The van der Waals surface area contributed by atoms with E-state index in [0.717, 1.165) is 31.1 Å². The van der Waals surface area contributed by atoms with Crippen LogP contribution in [-0.2, 0) is 0 Å². The van der Waals surface area contributed by atoms with Gasteiger partial charge in [-0.25, -0.2) is 4.39 Å². The predicted molar refractivity (Wildman–Crippen MR) is 82.0 cm³/mol. The standard InChI is InChI=1S/C15H16ClFN2S/c16-12-4-1-3-11(14(12)17)15(13-5-2-10-20-13)19-8-6-18-7-9-19/h1-5,10,15,18H,6-9H2/t15-/m0/s1. The van der Waals surface area contributed by atoms with E-state index in [0.29, 0.717) is 5.56 Å². The highest BCUT2D eigenvalue weighted by atomic mass is 35.5. The van der Waals surface area contributed by atoms with Gasteiger partial charge in [0.25, 0.3) is 0 Å². The Morgan fingerprint density at radius 1 is 1.20 bits per heavy atom. The molecule has 3 rings (SSSR count). The second-order valence-corrected chi connectivity index (χ2v) is 6.23. The number of piperazine rings is 1. The quantitative estimate of drug-likeness (QED) is 0.933. The van der Waals surface area contributed by atoms with Crippen LogP contribution in [0, 0.1) is 5.82 Å². The predicted octanol–water partition coefficient (Wildman–Crippen LogP) is 3.54. The van der Waals surface area contributed by atoms with Crippen molar-refractivity contribution in [3.05, 3.63) is 57.0 Å². The molecule has 1 aliphatic heterocycles. The summed E-state index contributed by atoms with van der Waals surface area (Å²) in [6, 6.07) is 9.30. The zero-order valence-corrected chi connectivity index (χ0v) is 12.6. The molecule has 0 radical (unpaired) electrons. The van der Waals surface area contributed by atoms with Crippen LogP contribution in [0.15, 0.2) is 35.7 Å². The van der Waals surface area contributed by atoms with E-state index in [4.69, 9.17) is 11.6 Å². The Balaban J connectivity index is 2.03. The van der Waals surface area contributed by atoms with E-state index in [1.54, 1.807) is 17.4 Å². The van der Waals surface area contributed by atoms with E-state index in [9.17, 15) is 4.39 Å². The summed E-state index contributed by atoms with van der Waals surface area (Å²) in [5.41, 5.74) is 0.668. The summed E-state index contributed by atoms with van der Waals surface area (Å²) in [7, 11) is 0. The summed E-state index contributed by atoms with van der Waals surface area (Å²) in [5, 5.41) is 5.56. The maximum atomic E-state index is 14.4. The molecule has 0 spiro atoms. The van der Waals surface area contributed by atoms with E-state index in [2.05, 4.69) is 16.3 Å². The first-order valence-corrected chi connectivity index (χ1v) is 7.95. The molecule has 0 bridgehead atoms. The molecule has 2 nitrogen and oxygen atoms in total. The monoisotopic (exact) mass is 310 g/mol. The number of hydrogen-bond donors (Lipinski definition) is 1. The first kappa shape index (κ1) is 14.0. The van der Waals surface area contributed by atoms with Gasteiger partial charge in [0.15, 0.2) is 0 Å². The van der Waals surface area contributed by atoms with Gasteiger partial charge in [-0.05, 0) is 17.5 Å². The molecule has 1 aliphatic rings. The molecule has 2 heterocycles. The lowest BCUT2D eigenvalue weighted by atomic mass is 10.0.